The summed E-state index contributed by atoms with van der Waals surface area (Å²) in [5, 5.41) is 0. The first-order valence-corrected chi connectivity index (χ1v) is 7.66. The Kier molecular flexibility index (Phi) is 5.80. The molecule has 22 heavy (non-hydrogen) atoms. The zero-order chi connectivity index (χ0) is 16.1. The van der Waals surface area contributed by atoms with Crippen molar-refractivity contribution in [2.75, 3.05) is 21.3 Å². The molecule has 0 amide bonds. The van der Waals surface area contributed by atoms with Gasteiger partial charge in [0.2, 0.25) is 0 Å². The van der Waals surface area contributed by atoms with Crippen molar-refractivity contribution in [3.05, 3.63) is 57.8 Å². The molecule has 2 rings (SSSR count). The Morgan fingerprint density at radius 2 is 1.59 bits per heavy atom. The van der Waals surface area contributed by atoms with Crippen molar-refractivity contribution in [1.82, 2.24) is 4.90 Å². The molecule has 2 aromatic carbocycles. The van der Waals surface area contributed by atoms with Crippen LogP contribution in [0.3, 0.4) is 0 Å². The fourth-order valence-corrected chi connectivity index (χ4v) is 2.71. The van der Waals surface area contributed by atoms with Gasteiger partial charge in [0.25, 0.3) is 0 Å². The maximum absolute atomic E-state index is 12.9. The van der Waals surface area contributed by atoms with Crippen LogP contribution in [0, 0.1) is 5.82 Å². The second kappa shape index (κ2) is 7.61. The Morgan fingerprint density at radius 3 is 2.18 bits per heavy atom. The molecule has 0 heterocycles. The lowest BCUT2D eigenvalue weighted by atomic mass is 10.1. The van der Waals surface area contributed by atoms with Crippen LogP contribution in [0.2, 0.25) is 0 Å². The molecule has 0 N–H and O–H groups in total. The number of halogens is 2. The summed E-state index contributed by atoms with van der Waals surface area (Å²) < 4.78 is 24.5. The first-order valence-electron chi connectivity index (χ1n) is 6.87. The average molecular weight is 368 g/mol. The van der Waals surface area contributed by atoms with Gasteiger partial charge in [-0.1, -0.05) is 28.1 Å². The van der Waals surface area contributed by atoms with Crippen LogP contribution in [0.4, 0.5) is 4.39 Å². The molecule has 0 fully saturated rings. The van der Waals surface area contributed by atoms with Crippen LogP contribution in [0.1, 0.15) is 11.1 Å². The number of methoxy groups -OCH3 is 2. The van der Waals surface area contributed by atoms with E-state index in [4.69, 9.17) is 9.47 Å². The molecule has 0 radical (unpaired) electrons. The number of hydrogen-bond acceptors (Lipinski definition) is 3. The third-order valence-electron chi connectivity index (χ3n) is 3.36. The Bertz CT molecular complexity index is 631. The maximum Gasteiger partial charge on any atom is 0.161 e. The molecule has 0 aliphatic heterocycles. The molecule has 0 spiro atoms. The van der Waals surface area contributed by atoms with E-state index in [1.165, 1.54) is 12.1 Å². The SMILES string of the molecule is COc1cc(Br)c(CN(C)Cc2ccc(F)cc2)cc1OC. The second-order valence-electron chi connectivity index (χ2n) is 5.10. The van der Waals surface area contributed by atoms with Crippen LogP contribution in [-0.4, -0.2) is 26.2 Å². The van der Waals surface area contributed by atoms with Gasteiger partial charge in [-0.15, -0.1) is 0 Å². The third-order valence-corrected chi connectivity index (χ3v) is 4.10. The maximum atomic E-state index is 12.9. The number of benzene rings is 2. The summed E-state index contributed by atoms with van der Waals surface area (Å²) in [4.78, 5) is 2.15. The highest BCUT2D eigenvalue weighted by Gasteiger charge is 2.11. The average Bonchev–Trinajstić information content (AvgIpc) is 2.51. The third kappa shape index (κ3) is 4.21. The molecule has 0 atom stereocenters. The monoisotopic (exact) mass is 367 g/mol. The van der Waals surface area contributed by atoms with Crippen LogP contribution >= 0.6 is 15.9 Å². The predicted octanol–water partition coefficient (Wildman–Crippen LogP) is 4.24. The van der Waals surface area contributed by atoms with E-state index in [0.717, 1.165) is 28.7 Å². The largest absolute Gasteiger partial charge is 0.493 e. The van der Waals surface area contributed by atoms with Crippen LogP contribution in [0.15, 0.2) is 40.9 Å². The van der Waals surface area contributed by atoms with Crippen LogP contribution < -0.4 is 9.47 Å². The lowest BCUT2D eigenvalue weighted by Gasteiger charge is -2.19. The van der Waals surface area contributed by atoms with Gasteiger partial charge in [0.1, 0.15) is 5.82 Å². The highest BCUT2D eigenvalue weighted by molar-refractivity contribution is 9.10. The molecular formula is C17H19BrFNO2. The van der Waals surface area contributed by atoms with Crippen LogP contribution in [0.5, 0.6) is 11.5 Å². The summed E-state index contributed by atoms with van der Waals surface area (Å²) in [7, 11) is 5.26. The Balaban J connectivity index is 2.10. The van der Waals surface area contributed by atoms with E-state index in [0.29, 0.717) is 11.5 Å². The Labute approximate surface area is 138 Å². The molecule has 3 nitrogen and oxygen atoms in total. The van der Waals surface area contributed by atoms with Gasteiger partial charge in [-0.2, -0.15) is 0 Å². The fraction of sp³-hybridized carbons (Fsp3) is 0.294. The van der Waals surface area contributed by atoms with E-state index in [2.05, 4.69) is 20.8 Å². The number of hydrogen-bond donors (Lipinski definition) is 0. The molecule has 118 valence electrons. The van der Waals surface area contributed by atoms with Crippen molar-refractivity contribution in [2.24, 2.45) is 0 Å². The molecule has 0 unspecified atom stereocenters. The molecule has 0 bridgehead atoms. The number of nitrogens with zero attached hydrogens (tertiary/aromatic N) is 1. The Hall–Kier alpha value is -1.59. The lowest BCUT2D eigenvalue weighted by molar-refractivity contribution is 0.315. The van der Waals surface area contributed by atoms with Crippen molar-refractivity contribution in [2.45, 2.75) is 13.1 Å². The highest BCUT2D eigenvalue weighted by atomic mass is 79.9. The van der Waals surface area contributed by atoms with Gasteiger partial charge >= 0.3 is 0 Å². The fourth-order valence-electron chi connectivity index (χ4n) is 2.27. The number of ether oxygens (including phenoxy) is 2. The number of rotatable bonds is 6. The van der Waals surface area contributed by atoms with Crippen molar-refractivity contribution in [3.63, 3.8) is 0 Å². The predicted molar refractivity (Wildman–Crippen MR) is 88.8 cm³/mol. The van der Waals surface area contributed by atoms with Crippen molar-refractivity contribution in [1.29, 1.82) is 0 Å². The summed E-state index contributed by atoms with van der Waals surface area (Å²) in [6.07, 6.45) is 0. The van der Waals surface area contributed by atoms with E-state index in [1.807, 2.05) is 19.2 Å². The summed E-state index contributed by atoms with van der Waals surface area (Å²) in [6, 6.07) is 10.4. The minimum absolute atomic E-state index is 0.214. The quantitative estimate of drug-likeness (QED) is 0.762. The lowest BCUT2D eigenvalue weighted by Crippen LogP contribution is -2.17. The van der Waals surface area contributed by atoms with Gasteiger partial charge in [0.15, 0.2) is 11.5 Å². The van der Waals surface area contributed by atoms with Crippen molar-refractivity contribution in [3.8, 4) is 11.5 Å². The van der Waals surface area contributed by atoms with Gasteiger partial charge in [0, 0.05) is 17.6 Å². The van der Waals surface area contributed by atoms with Gasteiger partial charge in [-0.3, -0.25) is 4.90 Å². The first kappa shape index (κ1) is 16.8. The van der Waals surface area contributed by atoms with Crippen LogP contribution in [0.25, 0.3) is 0 Å². The minimum atomic E-state index is -0.214. The molecule has 5 heteroatoms. The van der Waals surface area contributed by atoms with E-state index in [9.17, 15) is 4.39 Å². The molecule has 0 aromatic heterocycles. The van der Waals surface area contributed by atoms with Crippen molar-refractivity contribution < 1.29 is 13.9 Å². The topological polar surface area (TPSA) is 21.7 Å². The van der Waals surface area contributed by atoms with E-state index < -0.39 is 0 Å². The molecule has 0 aliphatic rings. The van der Waals surface area contributed by atoms with E-state index in [-0.39, 0.29) is 5.82 Å². The van der Waals surface area contributed by atoms with Gasteiger partial charge in [0.05, 0.1) is 14.2 Å². The standard InChI is InChI=1S/C17H19BrFNO2/c1-20(10-12-4-6-14(19)7-5-12)11-13-8-16(21-2)17(22-3)9-15(13)18/h4-9H,10-11H2,1-3H3. The molecule has 2 aromatic rings. The molecular weight excluding hydrogens is 349 g/mol. The smallest absolute Gasteiger partial charge is 0.161 e. The van der Waals surface area contributed by atoms with E-state index in [1.54, 1.807) is 26.4 Å². The zero-order valence-corrected chi connectivity index (χ0v) is 14.5. The Morgan fingerprint density at radius 1 is 1.00 bits per heavy atom. The molecule has 0 saturated heterocycles. The van der Waals surface area contributed by atoms with Crippen LogP contribution in [-0.2, 0) is 13.1 Å². The van der Waals surface area contributed by atoms with Gasteiger partial charge in [-0.25, -0.2) is 4.39 Å². The highest BCUT2D eigenvalue weighted by Crippen LogP contribution is 2.33. The summed E-state index contributed by atoms with van der Waals surface area (Å²) in [5.41, 5.74) is 2.17. The normalized spacial score (nSPS) is 10.8. The summed E-state index contributed by atoms with van der Waals surface area (Å²) >= 11 is 3.56. The van der Waals surface area contributed by atoms with Crippen molar-refractivity contribution >= 4 is 15.9 Å². The first-order chi connectivity index (χ1) is 10.5. The molecule has 0 aliphatic carbocycles. The zero-order valence-electron chi connectivity index (χ0n) is 12.9. The summed E-state index contributed by atoms with van der Waals surface area (Å²) in [5.74, 6) is 1.18. The summed E-state index contributed by atoms with van der Waals surface area (Å²) in [6.45, 7) is 1.47. The second-order valence-corrected chi connectivity index (χ2v) is 5.95. The molecule has 0 saturated carbocycles. The van der Waals surface area contributed by atoms with Gasteiger partial charge in [-0.05, 0) is 42.4 Å². The van der Waals surface area contributed by atoms with E-state index >= 15 is 0 Å². The minimum Gasteiger partial charge on any atom is -0.493 e. The van der Waals surface area contributed by atoms with Gasteiger partial charge < -0.3 is 9.47 Å².